The summed E-state index contributed by atoms with van der Waals surface area (Å²) in [4.78, 5) is 0.408. The predicted molar refractivity (Wildman–Crippen MR) is 92.9 cm³/mol. The normalized spacial score (nSPS) is 20.1. The van der Waals surface area contributed by atoms with Gasteiger partial charge in [0.05, 0.1) is 4.90 Å². The molecule has 2 aliphatic rings. The summed E-state index contributed by atoms with van der Waals surface area (Å²) in [7, 11) is -3.45. The molecule has 0 unspecified atom stereocenters. The van der Waals surface area contributed by atoms with Gasteiger partial charge in [0.2, 0.25) is 21.8 Å². The van der Waals surface area contributed by atoms with Crippen LogP contribution in [0.3, 0.4) is 0 Å². The molecule has 0 atom stereocenters. The third-order valence-electron chi connectivity index (χ3n) is 5.13. The van der Waals surface area contributed by atoms with Crippen LogP contribution >= 0.6 is 0 Å². The lowest BCUT2D eigenvalue weighted by molar-refractivity contribution is 0.286. The zero-order chi connectivity index (χ0) is 17.6. The Morgan fingerprint density at radius 1 is 1.00 bits per heavy atom. The zero-order valence-electron chi connectivity index (χ0n) is 14.6. The molecule has 2 fully saturated rings. The minimum Gasteiger partial charge on any atom is -0.425 e. The van der Waals surface area contributed by atoms with Gasteiger partial charge in [-0.1, -0.05) is 17.7 Å². The van der Waals surface area contributed by atoms with Crippen LogP contribution in [0.4, 0.5) is 0 Å². The lowest BCUT2D eigenvalue weighted by Crippen LogP contribution is -2.38. The lowest BCUT2D eigenvalue weighted by atomic mass is 9.98. The molecule has 1 saturated carbocycles. The van der Waals surface area contributed by atoms with Crippen molar-refractivity contribution in [1.29, 1.82) is 0 Å². The van der Waals surface area contributed by atoms with Gasteiger partial charge in [0.15, 0.2) is 0 Å². The van der Waals surface area contributed by atoms with E-state index in [-0.39, 0.29) is 5.92 Å². The standard InChI is InChI=1S/C18H23N3O3S/c1-12-3-6-16(13(2)11-12)25(22,23)21-9-7-15(8-10-21)18-20-19-17(24-18)14-4-5-14/h3,6,11,14-15H,4-5,7-10H2,1-2H3. The molecular formula is C18H23N3O3S. The molecule has 25 heavy (non-hydrogen) atoms. The number of nitrogens with zero attached hydrogens (tertiary/aromatic N) is 3. The van der Waals surface area contributed by atoms with Crippen molar-refractivity contribution in [3.8, 4) is 0 Å². The van der Waals surface area contributed by atoms with Crippen LogP contribution in [0, 0.1) is 13.8 Å². The van der Waals surface area contributed by atoms with Crippen molar-refractivity contribution in [2.75, 3.05) is 13.1 Å². The van der Waals surface area contributed by atoms with Crippen LogP contribution in [0.25, 0.3) is 0 Å². The summed E-state index contributed by atoms with van der Waals surface area (Å²) in [6, 6.07) is 5.48. The van der Waals surface area contributed by atoms with Gasteiger partial charge in [-0.05, 0) is 51.2 Å². The van der Waals surface area contributed by atoms with Crippen molar-refractivity contribution in [2.45, 2.75) is 56.3 Å². The highest BCUT2D eigenvalue weighted by Gasteiger charge is 2.34. The van der Waals surface area contributed by atoms with E-state index in [1.54, 1.807) is 10.4 Å². The van der Waals surface area contributed by atoms with Crippen molar-refractivity contribution in [1.82, 2.24) is 14.5 Å². The van der Waals surface area contributed by atoms with Crippen LogP contribution in [0.15, 0.2) is 27.5 Å². The van der Waals surface area contributed by atoms with E-state index in [1.807, 2.05) is 26.0 Å². The topological polar surface area (TPSA) is 76.3 Å². The number of aromatic nitrogens is 2. The minimum absolute atomic E-state index is 0.158. The molecule has 6 nitrogen and oxygen atoms in total. The van der Waals surface area contributed by atoms with Crippen LogP contribution in [0.2, 0.25) is 0 Å². The molecule has 1 aliphatic carbocycles. The summed E-state index contributed by atoms with van der Waals surface area (Å²) >= 11 is 0. The number of rotatable bonds is 4. The second kappa shape index (κ2) is 6.21. The molecule has 2 aromatic rings. The maximum atomic E-state index is 12.9. The Morgan fingerprint density at radius 3 is 2.16 bits per heavy atom. The number of hydrogen-bond acceptors (Lipinski definition) is 5. The first-order chi connectivity index (χ1) is 11.9. The van der Waals surface area contributed by atoms with Gasteiger partial charge in [-0.3, -0.25) is 0 Å². The highest BCUT2D eigenvalue weighted by molar-refractivity contribution is 7.89. The molecule has 2 heterocycles. The second-order valence-electron chi connectivity index (χ2n) is 7.20. The SMILES string of the molecule is Cc1ccc(S(=O)(=O)N2CCC(c3nnc(C4CC4)o3)CC2)c(C)c1. The fraction of sp³-hybridized carbons (Fsp3) is 0.556. The van der Waals surface area contributed by atoms with E-state index in [9.17, 15) is 8.42 Å². The predicted octanol–water partition coefficient (Wildman–Crippen LogP) is 3.13. The van der Waals surface area contributed by atoms with Crippen LogP contribution in [-0.4, -0.2) is 36.0 Å². The molecule has 7 heteroatoms. The quantitative estimate of drug-likeness (QED) is 0.836. The van der Waals surface area contributed by atoms with E-state index in [1.165, 1.54) is 0 Å². The number of benzene rings is 1. The van der Waals surface area contributed by atoms with E-state index in [0.29, 0.717) is 29.8 Å². The number of sulfonamides is 1. The van der Waals surface area contributed by atoms with Crippen molar-refractivity contribution in [3.05, 3.63) is 41.1 Å². The Labute approximate surface area is 148 Å². The third kappa shape index (κ3) is 3.22. The van der Waals surface area contributed by atoms with Crippen LogP contribution in [-0.2, 0) is 10.0 Å². The van der Waals surface area contributed by atoms with E-state index in [2.05, 4.69) is 10.2 Å². The first-order valence-corrected chi connectivity index (χ1v) is 10.3. The number of aryl methyl sites for hydroxylation is 2. The van der Waals surface area contributed by atoms with Crippen LogP contribution in [0.5, 0.6) is 0 Å². The van der Waals surface area contributed by atoms with Gasteiger partial charge in [0.25, 0.3) is 0 Å². The average Bonchev–Trinajstić information content (AvgIpc) is 3.32. The van der Waals surface area contributed by atoms with Crippen molar-refractivity contribution < 1.29 is 12.8 Å². The molecule has 1 saturated heterocycles. The summed E-state index contributed by atoms with van der Waals surface area (Å²) < 4.78 is 33.3. The van der Waals surface area contributed by atoms with Gasteiger partial charge in [0, 0.05) is 24.9 Å². The second-order valence-corrected chi connectivity index (χ2v) is 9.11. The maximum absolute atomic E-state index is 12.9. The highest BCUT2D eigenvalue weighted by atomic mass is 32.2. The fourth-order valence-electron chi connectivity index (χ4n) is 3.48. The molecule has 0 N–H and O–H groups in total. The summed E-state index contributed by atoms with van der Waals surface area (Å²) in [5, 5.41) is 8.33. The molecule has 134 valence electrons. The molecule has 1 aliphatic heterocycles. The molecule has 1 aromatic carbocycles. The van der Waals surface area contributed by atoms with Gasteiger partial charge in [-0.2, -0.15) is 4.31 Å². The minimum atomic E-state index is -3.45. The Kier molecular flexibility index (Phi) is 4.16. The average molecular weight is 361 g/mol. The number of hydrogen-bond donors (Lipinski definition) is 0. The largest absolute Gasteiger partial charge is 0.425 e. The first kappa shape index (κ1) is 16.7. The molecule has 4 rings (SSSR count). The Morgan fingerprint density at radius 2 is 1.60 bits per heavy atom. The van der Waals surface area contributed by atoms with Crippen molar-refractivity contribution in [3.63, 3.8) is 0 Å². The zero-order valence-corrected chi connectivity index (χ0v) is 15.4. The summed E-state index contributed by atoms with van der Waals surface area (Å²) in [6.45, 7) is 4.79. The van der Waals surface area contributed by atoms with Gasteiger partial charge < -0.3 is 4.42 Å². The van der Waals surface area contributed by atoms with E-state index in [4.69, 9.17) is 4.42 Å². The summed E-state index contributed by atoms with van der Waals surface area (Å²) in [5.41, 5.74) is 1.87. The summed E-state index contributed by atoms with van der Waals surface area (Å²) in [6.07, 6.45) is 3.70. The van der Waals surface area contributed by atoms with Crippen molar-refractivity contribution in [2.24, 2.45) is 0 Å². The molecule has 1 aromatic heterocycles. The van der Waals surface area contributed by atoms with E-state index < -0.39 is 10.0 Å². The van der Waals surface area contributed by atoms with Crippen molar-refractivity contribution >= 4 is 10.0 Å². The molecular weight excluding hydrogens is 338 g/mol. The van der Waals surface area contributed by atoms with Crippen LogP contribution < -0.4 is 0 Å². The highest BCUT2D eigenvalue weighted by Crippen LogP contribution is 2.40. The summed E-state index contributed by atoms with van der Waals surface area (Å²) in [5.74, 6) is 2.03. The molecule has 0 spiro atoms. The van der Waals surface area contributed by atoms with Gasteiger partial charge in [0.1, 0.15) is 0 Å². The van der Waals surface area contributed by atoms with E-state index >= 15 is 0 Å². The van der Waals surface area contributed by atoms with Crippen LogP contribution in [0.1, 0.15) is 60.4 Å². The Bertz CT molecular complexity index is 879. The van der Waals surface area contributed by atoms with E-state index in [0.717, 1.165) is 42.7 Å². The molecule has 0 radical (unpaired) electrons. The van der Waals surface area contributed by atoms with Gasteiger partial charge >= 0.3 is 0 Å². The third-order valence-corrected chi connectivity index (χ3v) is 7.19. The smallest absolute Gasteiger partial charge is 0.243 e. The fourth-order valence-corrected chi connectivity index (χ4v) is 5.15. The first-order valence-electron chi connectivity index (χ1n) is 8.86. The lowest BCUT2D eigenvalue weighted by Gasteiger charge is -2.30. The monoisotopic (exact) mass is 361 g/mol. The molecule has 0 amide bonds. The molecule has 0 bridgehead atoms. The Balaban J connectivity index is 1.46. The Hall–Kier alpha value is -1.73. The number of piperidine rings is 1. The maximum Gasteiger partial charge on any atom is 0.243 e. The van der Waals surface area contributed by atoms with Gasteiger partial charge in [-0.25, -0.2) is 8.42 Å². The van der Waals surface area contributed by atoms with Gasteiger partial charge in [-0.15, -0.1) is 10.2 Å².